The van der Waals surface area contributed by atoms with Crippen LogP contribution in [0.2, 0.25) is 0 Å². The molecule has 3 rings (SSSR count). The Balaban J connectivity index is 1.68. The highest BCUT2D eigenvalue weighted by molar-refractivity contribution is 5.87. The molecule has 0 saturated carbocycles. The van der Waals surface area contributed by atoms with E-state index in [1.807, 2.05) is 42.5 Å². The predicted octanol–water partition coefficient (Wildman–Crippen LogP) is 3.33. The second kappa shape index (κ2) is 7.78. The monoisotopic (exact) mass is 351 g/mol. The maximum absolute atomic E-state index is 13.3. The predicted molar refractivity (Wildman–Crippen MR) is 97.3 cm³/mol. The second-order valence-corrected chi connectivity index (χ2v) is 6.15. The third kappa shape index (κ3) is 4.45. The molecule has 0 unspecified atom stereocenters. The van der Waals surface area contributed by atoms with Crippen molar-refractivity contribution in [3.05, 3.63) is 83.7 Å². The maximum Gasteiger partial charge on any atom is 0.326 e. The molecule has 2 N–H and O–H groups in total. The maximum atomic E-state index is 13.3. The van der Waals surface area contributed by atoms with Gasteiger partial charge in [0.25, 0.3) is 0 Å². The summed E-state index contributed by atoms with van der Waals surface area (Å²) in [7, 11) is 0. The summed E-state index contributed by atoms with van der Waals surface area (Å²) in [6, 6.07) is 18.1. The normalized spacial score (nSPS) is 11.9. The largest absolute Gasteiger partial charge is 0.480 e. The van der Waals surface area contributed by atoms with Gasteiger partial charge in [0.2, 0.25) is 5.91 Å². The zero-order valence-corrected chi connectivity index (χ0v) is 14.0. The summed E-state index contributed by atoms with van der Waals surface area (Å²) in [6.07, 6.45) is 0.105. The van der Waals surface area contributed by atoms with Crippen LogP contribution in [0.5, 0.6) is 0 Å². The Bertz CT molecular complexity index is 955. The van der Waals surface area contributed by atoms with Crippen LogP contribution >= 0.6 is 0 Å². The molecule has 0 aromatic heterocycles. The zero-order chi connectivity index (χ0) is 18.5. The molecule has 0 spiro atoms. The van der Waals surface area contributed by atoms with Gasteiger partial charge in [0.1, 0.15) is 11.9 Å². The Labute approximate surface area is 150 Å². The summed E-state index contributed by atoms with van der Waals surface area (Å²) in [5.74, 6) is -1.97. The summed E-state index contributed by atoms with van der Waals surface area (Å²) in [4.78, 5) is 23.7. The van der Waals surface area contributed by atoms with Crippen LogP contribution in [-0.4, -0.2) is 23.0 Å². The van der Waals surface area contributed by atoms with Crippen molar-refractivity contribution >= 4 is 22.6 Å². The number of amides is 1. The lowest BCUT2D eigenvalue weighted by Gasteiger charge is -2.15. The van der Waals surface area contributed by atoms with E-state index in [1.54, 1.807) is 6.07 Å². The molecule has 3 aromatic rings. The van der Waals surface area contributed by atoms with Gasteiger partial charge in [-0.3, -0.25) is 4.79 Å². The molecular formula is C21H18FNO3. The zero-order valence-electron chi connectivity index (χ0n) is 14.0. The summed E-state index contributed by atoms with van der Waals surface area (Å²) in [5, 5.41) is 14.0. The topological polar surface area (TPSA) is 66.4 Å². The van der Waals surface area contributed by atoms with Crippen molar-refractivity contribution in [1.29, 1.82) is 0 Å². The van der Waals surface area contributed by atoms with Crippen LogP contribution in [0.25, 0.3) is 10.8 Å². The van der Waals surface area contributed by atoms with Crippen molar-refractivity contribution in [2.45, 2.75) is 18.9 Å². The molecule has 0 radical (unpaired) electrons. The number of nitrogens with one attached hydrogen (secondary N) is 1. The quantitative estimate of drug-likeness (QED) is 0.716. The van der Waals surface area contributed by atoms with Crippen LogP contribution in [0, 0.1) is 5.82 Å². The molecule has 0 heterocycles. The van der Waals surface area contributed by atoms with Crippen LogP contribution in [-0.2, 0) is 22.4 Å². The Hall–Kier alpha value is -3.21. The molecule has 0 aliphatic carbocycles. The molecule has 0 bridgehead atoms. The first-order chi connectivity index (χ1) is 12.5. The SMILES string of the molecule is O=C(Cc1ccc2ccccc2c1)N[C@H](Cc1cccc(F)c1)C(=O)O. The molecule has 0 aliphatic heterocycles. The average Bonchev–Trinajstić information content (AvgIpc) is 2.61. The minimum Gasteiger partial charge on any atom is -0.480 e. The number of rotatable bonds is 6. The minimum absolute atomic E-state index is 0.0244. The Morgan fingerprint density at radius 3 is 2.42 bits per heavy atom. The molecular weight excluding hydrogens is 333 g/mol. The fourth-order valence-electron chi connectivity index (χ4n) is 2.88. The van der Waals surface area contributed by atoms with E-state index in [0.29, 0.717) is 5.56 Å². The Morgan fingerprint density at radius 1 is 0.923 bits per heavy atom. The average molecular weight is 351 g/mol. The molecule has 0 fully saturated rings. The Kier molecular flexibility index (Phi) is 5.27. The lowest BCUT2D eigenvalue weighted by Crippen LogP contribution is -2.43. The molecule has 1 amide bonds. The van der Waals surface area contributed by atoms with Crippen LogP contribution in [0.4, 0.5) is 4.39 Å². The molecule has 5 heteroatoms. The highest BCUT2D eigenvalue weighted by Gasteiger charge is 2.20. The number of halogens is 1. The third-order valence-electron chi connectivity index (χ3n) is 4.14. The molecule has 4 nitrogen and oxygen atoms in total. The fraction of sp³-hybridized carbons (Fsp3) is 0.143. The summed E-state index contributed by atoms with van der Waals surface area (Å²) in [6.45, 7) is 0. The summed E-state index contributed by atoms with van der Waals surface area (Å²) < 4.78 is 13.3. The van der Waals surface area contributed by atoms with E-state index in [9.17, 15) is 19.1 Å². The minimum atomic E-state index is -1.15. The van der Waals surface area contributed by atoms with Gasteiger partial charge < -0.3 is 10.4 Å². The van der Waals surface area contributed by atoms with Gasteiger partial charge in [-0.05, 0) is 34.0 Å². The number of carboxylic acid groups (broad SMARTS) is 1. The number of benzene rings is 3. The van der Waals surface area contributed by atoms with Gasteiger partial charge in [-0.1, -0.05) is 54.6 Å². The summed E-state index contributed by atoms with van der Waals surface area (Å²) in [5.41, 5.74) is 1.32. The highest BCUT2D eigenvalue weighted by Crippen LogP contribution is 2.16. The van der Waals surface area contributed by atoms with Crippen molar-refractivity contribution in [1.82, 2.24) is 5.32 Å². The number of aliphatic carboxylic acids is 1. The van der Waals surface area contributed by atoms with Gasteiger partial charge in [0.05, 0.1) is 6.42 Å². The van der Waals surface area contributed by atoms with Crippen LogP contribution < -0.4 is 5.32 Å². The van der Waals surface area contributed by atoms with Crippen molar-refractivity contribution in [3.8, 4) is 0 Å². The van der Waals surface area contributed by atoms with Gasteiger partial charge in [0, 0.05) is 6.42 Å². The number of carbonyl (C=O) groups is 2. The van der Waals surface area contributed by atoms with Crippen LogP contribution in [0.15, 0.2) is 66.7 Å². The van der Waals surface area contributed by atoms with E-state index in [2.05, 4.69) is 5.32 Å². The van der Waals surface area contributed by atoms with Gasteiger partial charge in [-0.2, -0.15) is 0 Å². The second-order valence-electron chi connectivity index (χ2n) is 6.15. The van der Waals surface area contributed by atoms with Gasteiger partial charge >= 0.3 is 5.97 Å². The first kappa shape index (κ1) is 17.6. The molecule has 1 atom stereocenters. The van der Waals surface area contributed by atoms with Gasteiger partial charge in [-0.25, -0.2) is 9.18 Å². The lowest BCUT2D eigenvalue weighted by molar-refractivity contribution is -0.141. The molecule has 26 heavy (non-hydrogen) atoms. The number of carboxylic acids is 1. The van der Waals surface area contributed by atoms with Crippen molar-refractivity contribution in [2.75, 3.05) is 0 Å². The van der Waals surface area contributed by atoms with Crippen molar-refractivity contribution < 1.29 is 19.1 Å². The first-order valence-electron chi connectivity index (χ1n) is 8.25. The van der Waals surface area contributed by atoms with E-state index in [4.69, 9.17) is 0 Å². The number of hydrogen-bond donors (Lipinski definition) is 2. The number of hydrogen-bond acceptors (Lipinski definition) is 2. The summed E-state index contributed by atoms with van der Waals surface area (Å²) >= 11 is 0. The number of fused-ring (bicyclic) bond motifs is 1. The smallest absolute Gasteiger partial charge is 0.326 e. The molecule has 0 aliphatic rings. The third-order valence-corrected chi connectivity index (χ3v) is 4.14. The highest BCUT2D eigenvalue weighted by atomic mass is 19.1. The lowest BCUT2D eigenvalue weighted by atomic mass is 10.0. The van der Waals surface area contributed by atoms with E-state index in [0.717, 1.165) is 16.3 Å². The standard InChI is InChI=1S/C21H18FNO3/c22-18-7-3-4-14(11-18)12-19(21(25)26)23-20(24)13-15-8-9-16-5-1-2-6-17(16)10-15/h1-11,19H,12-13H2,(H,23,24)(H,25,26)/t19-/m1/s1. The Morgan fingerprint density at radius 2 is 1.69 bits per heavy atom. The molecule has 132 valence electrons. The van der Waals surface area contributed by atoms with E-state index < -0.39 is 17.8 Å². The van der Waals surface area contributed by atoms with Crippen LogP contribution in [0.3, 0.4) is 0 Å². The first-order valence-corrected chi connectivity index (χ1v) is 8.25. The van der Waals surface area contributed by atoms with E-state index in [-0.39, 0.29) is 18.7 Å². The van der Waals surface area contributed by atoms with E-state index in [1.165, 1.54) is 18.2 Å². The van der Waals surface area contributed by atoms with Gasteiger partial charge in [-0.15, -0.1) is 0 Å². The van der Waals surface area contributed by atoms with Crippen molar-refractivity contribution in [2.24, 2.45) is 0 Å². The number of carbonyl (C=O) groups excluding carboxylic acids is 1. The van der Waals surface area contributed by atoms with Crippen molar-refractivity contribution in [3.63, 3.8) is 0 Å². The molecule has 0 saturated heterocycles. The molecule has 3 aromatic carbocycles. The van der Waals surface area contributed by atoms with Gasteiger partial charge in [0.15, 0.2) is 0 Å². The fourth-order valence-corrected chi connectivity index (χ4v) is 2.88. The van der Waals surface area contributed by atoms with E-state index >= 15 is 0 Å². The van der Waals surface area contributed by atoms with Crippen LogP contribution in [0.1, 0.15) is 11.1 Å².